The summed E-state index contributed by atoms with van der Waals surface area (Å²) in [5.74, 6) is 8.44. The Morgan fingerprint density at radius 2 is 0.966 bits per heavy atom. The molecule has 9 rings (SSSR count). The fourth-order valence-corrected chi connectivity index (χ4v) is 14.5. The van der Waals surface area contributed by atoms with Crippen molar-refractivity contribution in [2.24, 2.45) is 0 Å². The number of fused-ring (bicyclic) bond motifs is 4. The molecule has 7 aromatic rings. The Kier molecular flexibility index (Phi) is 11.3. The highest BCUT2D eigenvalue weighted by Gasteiger charge is 2.49. The van der Waals surface area contributed by atoms with Crippen molar-refractivity contribution < 1.29 is 4.74 Å². The van der Waals surface area contributed by atoms with Crippen molar-refractivity contribution in [3.8, 4) is 23.3 Å². The van der Waals surface area contributed by atoms with Crippen molar-refractivity contribution in [2.45, 2.75) is 73.1 Å². The van der Waals surface area contributed by atoms with E-state index in [-0.39, 0.29) is 6.71 Å². The summed E-state index contributed by atoms with van der Waals surface area (Å²) >= 11 is 0. The highest BCUT2D eigenvalue weighted by atomic mass is 28.3. The van der Waals surface area contributed by atoms with Gasteiger partial charge in [0.1, 0.15) is 11.5 Å². The number of ether oxygens (including phenoxy) is 1. The lowest BCUT2D eigenvalue weighted by atomic mass is 9.34. The van der Waals surface area contributed by atoms with Gasteiger partial charge in [0.25, 0.3) is 6.71 Å². The molecule has 2 aliphatic rings. The Bertz CT molecular complexity index is 2550. The minimum Gasteiger partial charge on any atom is -0.458 e. The van der Waals surface area contributed by atoms with Gasteiger partial charge in [-0.15, -0.1) is 11.8 Å². The molecule has 0 spiro atoms. The van der Waals surface area contributed by atoms with E-state index in [1.165, 1.54) is 65.2 Å². The molecule has 0 bridgehead atoms. The first kappa shape index (κ1) is 39.8. The molecular formula is C55H54BNOSi. The maximum absolute atomic E-state index is 6.96. The Labute approximate surface area is 354 Å². The van der Waals surface area contributed by atoms with E-state index in [0.29, 0.717) is 17.8 Å². The molecular weight excluding hydrogens is 730 g/mol. The van der Waals surface area contributed by atoms with E-state index in [2.05, 4.69) is 222 Å². The molecule has 0 saturated carbocycles. The molecule has 0 atom stereocenters. The van der Waals surface area contributed by atoms with E-state index >= 15 is 0 Å². The van der Waals surface area contributed by atoms with Gasteiger partial charge in [0, 0.05) is 23.1 Å². The number of rotatable bonds is 7. The van der Waals surface area contributed by atoms with Crippen LogP contribution in [0.5, 0.6) is 11.5 Å². The molecule has 2 aliphatic heterocycles. The summed E-state index contributed by atoms with van der Waals surface area (Å²) < 4.78 is 6.96. The molecule has 292 valence electrons. The first-order valence-corrected chi connectivity index (χ1v) is 23.2. The van der Waals surface area contributed by atoms with Gasteiger partial charge in [-0.05, 0) is 104 Å². The number of hydrogen-bond donors (Lipinski definition) is 0. The van der Waals surface area contributed by atoms with Gasteiger partial charge in [0.05, 0.1) is 0 Å². The molecule has 59 heavy (non-hydrogen) atoms. The molecule has 0 amide bonds. The summed E-state index contributed by atoms with van der Waals surface area (Å²) in [7, 11) is -2.70. The molecule has 2 heterocycles. The van der Waals surface area contributed by atoms with Crippen molar-refractivity contribution in [1.29, 1.82) is 0 Å². The van der Waals surface area contributed by atoms with E-state index < -0.39 is 8.07 Å². The first-order chi connectivity index (χ1) is 28.7. The van der Waals surface area contributed by atoms with Crippen LogP contribution >= 0.6 is 0 Å². The zero-order chi connectivity index (χ0) is 41.3. The number of para-hydroxylation sites is 3. The van der Waals surface area contributed by atoms with E-state index in [1.807, 2.05) is 13.8 Å². The van der Waals surface area contributed by atoms with Gasteiger partial charge in [-0.1, -0.05) is 180 Å². The van der Waals surface area contributed by atoms with Crippen molar-refractivity contribution in [1.82, 2.24) is 0 Å². The monoisotopic (exact) mass is 783 g/mol. The third kappa shape index (κ3) is 6.92. The van der Waals surface area contributed by atoms with Crippen molar-refractivity contribution in [3.63, 3.8) is 0 Å². The fourth-order valence-electron chi connectivity index (χ4n) is 9.43. The second kappa shape index (κ2) is 16.7. The lowest BCUT2D eigenvalue weighted by Crippen LogP contribution is -2.77. The second-order valence-corrected chi connectivity index (χ2v) is 20.5. The summed E-state index contributed by atoms with van der Waals surface area (Å²) in [4.78, 5) is 2.48. The Morgan fingerprint density at radius 1 is 0.492 bits per heavy atom. The lowest BCUT2D eigenvalue weighted by Gasteiger charge is -2.45. The Hall–Kier alpha value is -6.02. The maximum Gasteiger partial charge on any atom is 0.251 e. The van der Waals surface area contributed by atoms with Crippen molar-refractivity contribution >= 4 is 69.0 Å². The normalized spacial score (nSPS) is 13.3. The fraction of sp³-hybridized carbons (Fsp3) is 0.200. The van der Waals surface area contributed by atoms with Crippen LogP contribution in [0.15, 0.2) is 164 Å². The van der Waals surface area contributed by atoms with Crippen LogP contribution in [0.25, 0.3) is 0 Å². The minimum atomic E-state index is -2.70. The van der Waals surface area contributed by atoms with Crippen LogP contribution in [0.2, 0.25) is 0 Å². The zero-order valence-electron chi connectivity index (χ0n) is 35.8. The summed E-state index contributed by atoms with van der Waals surface area (Å²) in [6.07, 6.45) is 0. The molecule has 0 fully saturated rings. The standard InChI is InChI=1S/C51H48BNOSi.C4H6/c1-34(2)37-31-41(35(3)4)51(42(32-37)36(5)6)52-43-23-13-16-26-47(43)54-48-33-38(29-30-44(48)52)53-45-24-14-17-27-49(45)55(39-19-9-7-10-20-39,40-21-11-8-12-22-40)50-28-18-15-25-46(50)53;1-3-4-2/h7-36H,1-6H3;1-2H3. The third-order valence-electron chi connectivity index (χ3n) is 12.2. The van der Waals surface area contributed by atoms with Crippen molar-refractivity contribution in [3.05, 3.63) is 180 Å². The number of benzene rings is 7. The van der Waals surface area contributed by atoms with Gasteiger partial charge in [-0.25, -0.2) is 0 Å². The van der Waals surface area contributed by atoms with E-state index in [1.54, 1.807) is 0 Å². The first-order valence-electron chi connectivity index (χ1n) is 21.2. The van der Waals surface area contributed by atoms with Gasteiger partial charge in [0.15, 0.2) is 8.07 Å². The molecule has 0 radical (unpaired) electrons. The van der Waals surface area contributed by atoms with Gasteiger partial charge >= 0.3 is 0 Å². The molecule has 0 saturated heterocycles. The topological polar surface area (TPSA) is 12.5 Å². The van der Waals surface area contributed by atoms with Crippen LogP contribution < -0.4 is 46.8 Å². The smallest absolute Gasteiger partial charge is 0.251 e. The molecule has 7 aromatic carbocycles. The SMILES string of the molecule is CC#CC.CC(C)c1cc(C(C)C)c(B2c3ccccc3Oc3cc(N4c5ccccc5[Si](c5ccccc5)(c5ccccc5)c5ccccc54)ccc32)c(C(C)C)c1. The minimum absolute atomic E-state index is 0.0576. The number of anilines is 3. The van der Waals surface area contributed by atoms with Gasteiger partial charge in [0.2, 0.25) is 0 Å². The van der Waals surface area contributed by atoms with Crippen LogP contribution in [0.1, 0.15) is 89.8 Å². The third-order valence-corrected chi connectivity index (χ3v) is 17.1. The quantitative estimate of drug-likeness (QED) is 0.118. The summed E-state index contributed by atoms with van der Waals surface area (Å²) in [5.41, 5.74) is 11.7. The Balaban J connectivity index is 0.00000116. The molecule has 0 aliphatic carbocycles. The van der Waals surface area contributed by atoms with Crippen LogP contribution in [-0.4, -0.2) is 14.8 Å². The van der Waals surface area contributed by atoms with Crippen molar-refractivity contribution in [2.75, 3.05) is 4.90 Å². The molecule has 4 heteroatoms. The van der Waals surface area contributed by atoms with E-state index in [9.17, 15) is 0 Å². The van der Waals surface area contributed by atoms with E-state index in [0.717, 1.165) is 17.2 Å². The average Bonchev–Trinajstić information content (AvgIpc) is 3.27. The highest BCUT2D eigenvalue weighted by Crippen LogP contribution is 2.40. The molecule has 0 aromatic heterocycles. The van der Waals surface area contributed by atoms with Crippen LogP contribution in [-0.2, 0) is 0 Å². The zero-order valence-corrected chi connectivity index (χ0v) is 36.8. The number of nitrogens with zero attached hydrogens (tertiary/aromatic N) is 1. The predicted octanol–water partition coefficient (Wildman–Crippen LogP) is 9.87. The molecule has 2 nitrogen and oxygen atoms in total. The second-order valence-electron chi connectivity index (χ2n) is 16.7. The van der Waals surface area contributed by atoms with Crippen LogP contribution in [0, 0.1) is 11.8 Å². The van der Waals surface area contributed by atoms with Gasteiger partial charge < -0.3 is 9.64 Å². The maximum atomic E-state index is 6.96. The molecule has 0 N–H and O–H groups in total. The molecule has 0 unspecified atom stereocenters. The van der Waals surface area contributed by atoms with Gasteiger partial charge in [-0.3, -0.25) is 0 Å². The predicted molar refractivity (Wildman–Crippen MR) is 257 cm³/mol. The average molecular weight is 784 g/mol. The van der Waals surface area contributed by atoms with Crippen LogP contribution in [0.3, 0.4) is 0 Å². The lowest BCUT2D eigenvalue weighted by molar-refractivity contribution is 0.487. The number of hydrogen-bond acceptors (Lipinski definition) is 2. The highest BCUT2D eigenvalue weighted by molar-refractivity contribution is 7.21. The largest absolute Gasteiger partial charge is 0.458 e. The van der Waals surface area contributed by atoms with Crippen LogP contribution in [0.4, 0.5) is 17.1 Å². The summed E-state index contributed by atoms with van der Waals surface area (Å²) in [6.45, 7) is 17.7. The Morgan fingerprint density at radius 3 is 1.47 bits per heavy atom. The summed E-state index contributed by atoms with van der Waals surface area (Å²) in [5, 5.41) is 5.56. The van der Waals surface area contributed by atoms with Gasteiger partial charge in [-0.2, -0.15) is 0 Å². The van der Waals surface area contributed by atoms with E-state index in [4.69, 9.17) is 4.74 Å². The summed E-state index contributed by atoms with van der Waals surface area (Å²) in [6, 6.07) is 61.3.